The van der Waals surface area contributed by atoms with Gasteiger partial charge in [0.05, 0.1) is 5.75 Å². The van der Waals surface area contributed by atoms with Crippen molar-refractivity contribution in [2.24, 2.45) is 5.92 Å². The Hall–Kier alpha value is -2.52. The van der Waals surface area contributed by atoms with Crippen LogP contribution in [-0.2, 0) is 22.9 Å². The number of aryl methyl sites for hydroxylation is 1. The molecule has 0 radical (unpaired) electrons. The Morgan fingerprint density at radius 2 is 1.70 bits per heavy atom. The fourth-order valence-corrected chi connectivity index (χ4v) is 7.24. The smallest absolute Gasteiger partial charge is 0.225 e. The normalized spacial score (nSPS) is 18.6. The molecule has 0 aliphatic carbocycles. The van der Waals surface area contributed by atoms with E-state index in [1.165, 1.54) is 11.1 Å². The summed E-state index contributed by atoms with van der Waals surface area (Å²) in [6.07, 6.45) is 11.4. The minimum atomic E-state index is -3.11. The van der Waals surface area contributed by atoms with Crippen molar-refractivity contribution in [3.63, 3.8) is 0 Å². The van der Waals surface area contributed by atoms with Crippen molar-refractivity contribution in [1.29, 1.82) is 0 Å². The lowest BCUT2D eigenvalue weighted by Gasteiger charge is -2.31. The number of benzene rings is 1. The topological polar surface area (TPSA) is 92.4 Å². The molecule has 200 valence electrons. The monoisotopic (exact) mass is 525 g/mol. The molecule has 1 aromatic carbocycles. The lowest BCUT2D eigenvalue weighted by molar-refractivity contribution is 0.319. The van der Waals surface area contributed by atoms with E-state index in [9.17, 15) is 8.42 Å². The van der Waals surface area contributed by atoms with Crippen LogP contribution in [0.15, 0.2) is 35.0 Å². The van der Waals surface area contributed by atoms with Gasteiger partial charge in [0.15, 0.2) is 11.5 Å². The summed E-state index contributed by atoms with van der Waals surface area (Å²) < 4.78 is 32.6. The van der Waals surface area contributed by atoms with E-state index >= 15 is 0 Å². The van der Waals surface area contributed by atoms with Gasteiger partial charge in [-0.05, 0) is 73.6 Å². The van der Waals surface area contributed by atoms with Gasteiger partial charge < -0.3 is 9.32 Å². The first-order chi connectivity index (χ1) is 17.9. The standard InChI is InChI=1S/C28H39N5O3S/c1-3-5-22-19-29-28(30-20-22)32-12-8-21(9-13-32)17-27-31-25-7-6-24(18-26(25)36-27)23-10-14-33(15-11-23)37(34,35)16-4-2/h6-7,18-21,23H,3-5,8-17H2,1-2H3. The lowest BCUT2D eigenvalue weighted by Crippen LogP contribution is -2.39. The van der Waals surface area contributed by atoms with Gasteiger partial charge in [0.25, 0.3) is 0 Å². The molecule has 2 saturated heterocycles. The Balaban J connectivity index is 1.16. The van der Waals surface area contributed by atoms with Crippen molar-refractivity contribution in [1.82, 2.24) is 19.3 Å². The Bertz CT molecular complexity index is 1270. The number of anilines is 1. The van der Waals surface area contributed by atoms with Crippen molar-refractivity contribution in [2.45, 2.75) is 71.1 Å². The van der Waals surface area contributed by atoms with Gasteiger partial charge in [-0.3, -0.25) is 0 Å². The van der Waals surface area contributed by atoms with Gasteiger partial charge in [-0.25, -0.2) is 27.7 Å². The Morgan fingerprint density at radius 1 is 0.973 bits per heavy atom. The quantitative estimate of drug-likeness (QED) is 0.390. The van der Waals surface area contributed by atoms with Crippen molar-refractivity contribution in [2.75, 3.05) is 36.8 Å². The van der Waals surface area contributed by atoms with Gasteiger partial charge >= 0.3 is 0 Å². The zero-order valence-electron chi connectivity index (χ0n) is 22.1. The number of rotatable bonds is 9. The van der Waals surface area contributed by atoms with E-state index in [4.69, 9.17) is 9.40 Å². The highest BCUT2D eigenvalue weighted by atomic mass is 32.2. The number of oxazole rings is 1. The van der Waals surface area contributed by atoms with Gasteiger partial charge in [0, 0.05) is 45.0 Å². The Labute approximate surface area is 220 Å². The minimum Gasteiger partial charge on any atom is -0.441 e. The average molecular weight is 526 g/mol. The van der Waals surface area contributed by atoms with E-state index in [1.807, 2.05) is 19.3 Å². The van der Waals surface area contributed by atoms with Crippen molar-refractivity contribution in [3.8, 4) is 0 Å². The molecule has 9 heteroatoms. The average Bonchev–Trinajstić information content (AvgIpc) is 3.31. The second-order valence-electron chi connectivity index (χ2n) is 10.6. The van der Waals surface area contributed by atoms with Gasteiger partial charge in [0.2, 0.25) is 16.0 Å². The van der Waals surface area contributed by atoms with Crippen molar-refractivity contribution < 1.29 is 12.8 Å². The second kappa shape index (κ2) is 11.5. The summed E-state index contributed by atoms with van der Waals surface area (Å²) in [4.78, 5) is 16.2. The first kappa shape index (κ1) is 26.1. The number of fused-ring (bicyclic) bond motifs is 1. The maximum atomic E-state index is 12.4. The molecule has 5 rings (SSSR count). The summed E-state index contributed by atoms with van der Waals surface area (Å²) in [6.45, 7) is 7.18. The van der Waals surface area contributed by atoms with Crippen LogP contribution in [0.5, 0.6) is 0 Å². The number of nitrogens with zero attached hydrogens (tertiary/aromatic N) is 5. The molecule has 0 N–H and O–H groups in total. The van der Waals surface area contributed by atoms with Crippen molar-refractivity contribution >= 4 is 27.1 Å². The molecule has 2 fully saturated rings. The van der Waals surface area contributed by atoms with Crippen LogP contribution in [0.25, 0.3) is 11.1 Å². The van der Waals surface area contributed by atoms with Crippen LogP contribution in [0.3, 0.4) is 0 Å². The second-order valence-corrected chi connectivity index (χ2v) is 12.7. The largest absolute Gasteiger partial charge is 0.441 e. The maximum absolute atomic E-state index is 12.4. The first-order valence-corrected chi connectivity index (χ1v) is 15.5. The first-order valence-electron chi connectivity index (χ1n) is 13.9. The minimum absolute atomic E-state index is 0.239. The molecule has 0 saturated carbocycles. The number of sulfonamides is 1. The van der Waals surface area contributed by atoms with E-state index in [0.29, 0.717) is 31.3 Å². The molecule has 3 aromatic rings. The number of hydrogen-bond donors (Lipinski definition) is 0. The lowest BCUT2D eigenvalue weighted by atomic mass is 9.90. The van der Waals surface area contributed by atoms with E-state index in [1.54, 1.807) is 4.31 Å². The maximum Gasteiger partial charge on any atom is 0.225 e. The summed E-state index contributed by atoms with van der Waals surface area (Å²) >= 11 is 0. The third kappa shape index (κ3) is 6.14. The predicted molar refractivity (Wildman–Crippen MR) is 146 cm³/mol. The highest BCUT2D eigenvalue weighted by Gasteiger charge is 2.28. The molecule has 2 aromatic heterocycles. The number of piperidine rings is 2. The molecule has 4 heterocycles. The molecule has 2 aliphatic rings. The summed E-state index contributed by atoms with van der Waals surface area (Å²) in [5.74, 6) is 2.78. The van der Waals surface area contributed by atoms with Crippen LogP contribution in [-0.4, -0.2) is 59.6 Å². The van der Waals surface area contributed by atoms with Crippen LogP contribution < -0.4 is 4.90 Å². The Morgan fingerprint density at radius 3 is 2.38 bits per heavy atom. The zero-order valence-corrected chi connectivity index (χ0v) is 22.9. The van der Waals surface area contributed by atoms with E-state index in [2.05, 4.69) is 40.0 Å². The fourth-order valence-electron chi connectivity index (χ4n) is 5.70. The SMILES string of the molecule is CCCc1cnc(N2CCC(Cc3nc4ccc(C5CCN(S(=O)(=O)CCC)CC5)cc4o3)CC2)nc1. The molecule has 0 unspecified atom stereocenters. The van der Waals surface area contributed by atoms with Crippen LogP contribution in [0.1, 0.15) is 75.3 Å². The molecule has 37 heavy (non-hydrogen) atoms. The molecule has 2 aliphatic heterocycles. The van der Waals surface area contributed by atoms with Gasteiger partial charge in [-0.15, -0.1) is 0 Å². The van der Waals surface area contributed by atoms with E-state index < -0.39 is 10.0 Å². The summed E-state index contributed by atoms with van der Waals surface area (Å²) in [5, 5.41) is 0. The van der Waals surface area contributed by atoms with Crippen LogP contribution >= 0.6 is 0 Å². The van der Waals surface area contributed by atoms with Crippen LogP contribution in [0.4, 0.5) is 5.95 Å². The van der Waals surface area contributed by atoms with E-state index in [-0.39, 0.29) is 5.75 Å². The summed E-state index contributed by atoms with van der Waals surface area (Å²) in [7, 11) is -3.11. The molecule has 0 amide bonds. The molecule has 0 spiro atoms. The van der Waals surface area contributed by atoms with Gasteiger partial charge in [-0.2, -0.15) is 0 Å². The molecule has 0 bridgehead atoms. The third-order valence-electron chi connectivity index (χ3n) is 7.83. The highest BCUT2D eigenvalue weighted by molar-refractivity contribution is 7.89. The number of hydrogen-bond acceptors (Lipinski definition) is 7. The predicted octanol–water partition coefficient (Wildman–Crippen LogP) is 4.95. The Kier molecular flexibility index (Phi) is 8.09. The zero-order chi connectivity index (χ0) is 25.8. The third-order valence-corrected chi connectivity index (χ3v) is 9.90. The van der Waals surface area contributed by atoms with Crippen LogP contribution in [0.2, 0.25) is 0 Å². The fraction of sp³-hybridized carbons (Fsp3) is 0.607. The van der Waals surface area contributed by atoms with E-state index in [0.717, 1.165) is 81.0 Å². The van der Waals surface area contributed by atoms with Crippen molar-refractivity contribution in [3.05, 3.63) is 47.6 Å². The molecule has 0 atom stereocenters. The molecular formula is C28H39N5O3S. The van der Waals surface area contributed by atoms with Gasteiger partial charge in [0.1, 0.15) is 5.52 Å². The van der Waals surface area contributed by atoms with Crippen LogP contribution in [0, 0.1) is 5.92 Å². The summed E-state index contributed by atoms with van der Waals surface area (Å²) in [6, 6.07) is 6.31. The van der Waals surface area contributed by atoms with Gasteiger partial charge in [-0.1, -0.05) is 26.3 Å². The molecule has 8 nitrogen and oxygen atoms in total. The number of aromatic nitrogens is 3. The molecular weight excluding hydrogens is 486 g/mol. The highest BCUT2D eigenvalue weighted by Crippen LogP contribution is 2.32. The summed E-state index contributed by atoms with van der Waals surface area (Å²) in [5.41, 5.74) is 4.16.